The number of aliphatic hydroxyl groups excluding tert-OH is 1. The van der Waals surface area contributed by atoms with E-state index in [2.05, 4.69) is 6.92 Å². The fourth-order valence-electron chi connectivity index (χ4n) is 2.45. The standard InChI is InChI=1S/C18H36O3/c1-3-5-6-7-8-9-10-11-12-13-14-16-18(20)21-17(19)15-4-2/h17,19H,3-16H2,1-2H3. The van der Waals surface area contributed by atoms with Gasteiger partial charge in [-0.05, 0) is 6.42 Å². The topological polar surface area (TPSA) is 46.5 Å². The zero-order valence-corrected chi connectivity index (χ0v) is 14.2. The number of carbonyl (C=O) groups is 1. The highest BCUT2D eigenvalue weighted by atomic mass is 16.6. The predicted molar refractivity (Wildman–Crippen MR) is 88.1 cm³/mol. The maximum atomic E-state index is 11.4. The van der Waals surface area contributed by atoms with Gasteiger partial charge < -0.3 is 9.84 Å². The lowest BCUT2D eigenvalue weighted by Gasteiger charge is -2.10. The Morgan fingerprint density at radius 2 is 1.29 bits per heavy atom. The smallest absolute Gasteiger partial charge is 0.308 e. The third kappa shape index (κ3) is 15.6. The number of hydrogen-bond donors (Lipinski definition) is 1. The maximum absolute atomic E-state index is 11.4. The highest BCUT2D eigenvalue weighted by Gasteiger charge is 2.09. The SMILES string of the molecule is CCCCCCCCCCCCCC(=O)OC(O)CCC. The number of rotatable bonds is 15. The van der Waals surface area contributed by atoms with Crippen molar-refractivity contribution in [1.29, 1.82) is 0 Å². The minimum absolute atomic E-state index is 0.258. The molecule has 126 valence electrons. The number of hydrogen-bond acceptors (Lipinski definition) is 3. The fourth-order valence-corrected chi connectivity index (χ4v) is 2.45. The second-order valence-corrected chi connectivity index (χ2v) is 6.02. The van der Waals surface area contributed by atoms with Crippen molar-refractivity contribution in [2.45, 2.75) is 110 Å². The van der Waals surface area contributed by atoms with Crippen molar-refractivity contribution in [3.8, 4) is 0 Å². The Bertz CT molecular complexity index is 229. The summed E-state index contributed by atoms with van der Waals surface area (Å²) in [7, 11) is 0. The van der Waals surface area contributed by atoms with Crippen LogP contribution in [-0.4, -0.2) is 17.4 Å². The van der Waals surface area contributed by atoms with E-state index in [1.165, 1.54) is 57.8 Å². The Labute approximate surface area is 131 Å². The molecule has 0 heterocycles. The first-order valence-corrected chi connectivity index (χ1v) is 9.08. The molecule has 0 aliphatic heterocycles. The summed E-state index contributed by atoms with van der Waals surface area (Å²) in [5, 5.41) is 9.35. The van der Waals surface area contributed by atoms with E-state index >= 15 is 0 Å². The lowest BCUT2D eigenvalue weighted by Crippen LogP contribution is -2.16. The van der Waals surface area contributed by atoms with Crippen LogP contribution < -0.4 is 0 Å². The summed E-state index contributed by atoms with van der Waals surface area (Å²) in [6.07, 6.45) is 14.9. The minimum Gasteiger partial charge on any atom is -0.436 e. The molecule has 0 radical (unpaired) electrons. The van der Waals surface area contributed by atoms with Crippen LogP contribution in [0.1, 0.15) is 104 Å². The molecule has 0 bridgehead atoms. The Kier molecular flexibility index (Phi) is 15.4. The summed E-state index contributed by atoms with van der Waals surface area (Å²) in [6.45, 7) is 4.21. The van der Waals surface area contributed by atoms with E-state index in [0.29, 0.717) is 12.8 Å². The minimum atomic E-state index is -0.907. The van der Waals surface area contributed by atoms with Crippen LogP contribution in [0.4, 0.5) is 0 Å². The van der Waals surface area contributed by atoms with E-state index < -0.39 is 6.29 Å². The van der Waals surface area contributed by atoms with Crippen molar-refractivity contribution in [2.75, 3.05) is 0 Å². The average Bonchev–Trinajstić information content (AvgIpc) is 2.45. The molecule has 0 aliphatic rings. The molecule has 0 saturated heterocycles. The molecule has 1 atom stereocenters. The normalized spacial score (nSPS) is 12.3. The Morgan fingerprint density at radius 1 is 0.810 bits per heavy atom. The van der Waals surface area contributed by atoms with Crippen LogP contribution in [0.5, 0.6) is 0 Å². The second-order valence-electron chi connectivity index (χ2n) is 6.02. The highest BCUT2D eigenvalue weighted by Crippen LogP contribution is 2.12. The van der Waals surface area contributed by atoms with Crippen molar-refractivity contribution in [3.63, 3.8) is 0 Å². The van der Waals surface area contributed by atoms with Gasteiger partial charge >= 0.3 is 5.97 Å². The monoisotopic (exact) mass is 300 g/mol. The van der Waals surface area contributed by atoms with Crippen LogP contribution in [0.3, 0.4) is 0 Å². The molecule has 0 aromatic rings. The molecular weight excluding hydrogens is 264 g/mol. The van der Waals surface area contributed by atoms with Gasteiger partial charge in [-0.25, -0.2) is 0 Å². The van der Waals surface area contributed by atoms with Crippen molar-refractivity contribution in [3.05, 3.63) is 0 Å². The molecule has 0 saturated carbocycles. The number of unbranched alkanes of at least 4 members (excludes halogenated alkanes) is 10. The predicted octanol–water partition coefficient (Wildman–Crippen LogP) is 5.35. The van der Waals surface area contributed by atoms with Gasteiger partial charge in [-0.2, -0.15) is 0 Å². The summed E-state index contributed by atoms with van der Waals surface area (Å²) < 4.78 is 4.90. The van der Waals surface area contributed by atoms with Gasteiger partial charge in [0.25, 0.3) is 0 Å². The van der Waals surface area contributed by atoms with E-state index in [1.807, 2.05) is 6.92 Å². The Hall–Kier alpha value is -0.570. The zero-order chi connectivity index (χ0) is 15.8. The number of ether oxygens (including phenoxy) is 1. The number of carbonyl (C=O) groups excluding carboxylic acids is 1. The number of aliphatic hydroxyl groups is 1. The van der Waals surface area contributed by atoms with Crippen LogP contribution in [0.2, 0.25) is 0 Å². The van der Waals surface area contributed by atoms with Gasteiger partial charge in [0.05, 0.1) is 0 Å². The third-order valence-electron chi connectivity index (χ3n) is 3.79. The van der Waals surface area contributed by atoms with E-state index in [0.717, 1.165) is 19.3 Å². The van der Waals surface area contributed by atoms with Crippen LogP contribution in [0, 0.1) is 0 Å². The summed E-state index contributed by atoms with van der Waals surface area (Å²) in [4.78, 5) is 11.4. The molecular formula is C18H36O3. The summed E-state index contributed by atoms with van der Waals surface area (Å²) >= 11 is 0. The highest BCUT2D eigenvalue weighted by molar-refractivity contribution is 5.69. The molecule has 1 N–H and O–H groups in total. The zero-order valence-electron chi connectivity index (χ0n) is 14.2. The van der Waals surface area contributed by atoms with Gasteiger partial charge in [-0.3, -0.25) is 4.79 Å². The van der Waals surface area contributed by atoms with Crippen LogP contribution >= 0.6 is 0 Å². The second kappa shape index (κ2) is 15.8. The van der Waals surface area contributed by atoms with E-state index in [4.69, 9.17) is 4.74 Å². The van der Waals surface area contributed by atoms with Gasteiger partial charge in [0, 0.05) is 12.8 Å². The van der Waals surface area contributed by atoms with Crippen molar-refractivity contribution >= 4 is 5.97 Å². The van der Waals surface area contributed by atoms with Crippen molar-refractivity contribution in [1.82, 2.24) is 0 Å². The third-order valence-corrected chi connectivity index (χ3v) is 3.79. The van der Waals surface area contributed by atoms with Gasteiger partial charge in [-0.15, -0.1) is 0 Å². The quantitative estimate of drug-likeness (QED) is 0.252. The van der Waals surface area contributed by atoms with Gasteiger partial charge in [0.1, 0.15) is 0 Å². The van der Waals surface area contributed by atoms with Gasteiger partial charge in [0.2, 0.25) is 6.29 Å². The Morgan fingerprint density at radius 3 is 1.76 bits per heavy atom. The number of esters is 1. The molecule has 3 nitrogen and oxygen atoms in total. The van der Waals surface area contributed by atoms with E-state index in [9.17, 15) is 9.90 Å². The molecule has 0 spiro atoms. The molecule has 1 unspecified atom stereocenters. The first-order valence-electron chi connectivity index (χ1n) is 9.08. The maximum Gasteiger partial charge on any atom is 0.308 e. The lowest BCUT2D eigenvalue weighted by atomic mass is 10.1. The van der Waals surface area contributed by atoms with Crippen LogP contribution in [0.25, 0.3) is 0 Å². The van der Waals surface area contributed by atoms with E-state index in [1.54, 1.807) is 0 Å². The van der Waals surface area contributed by atoms with Crippen molar-refractivity contribution in [2.24, 2.45) is 0 Å². The van der Waals surface area contributed by atoms with Crippen LogP contribution in [-0.2, 0) is 9.53 Å². The van der Waals surface area contributed by atoms with Gasteiger partial charge in [0.15, 0.2) is 0 Å². The summed E-state index contributed by atoms with van der Waals surface area (Å²) in [6, 6.07) is 0. The van der Waals surface area contributed by atoms with E-state index in [-0.39, 0.29) is 5.97 Å². The molecule has 3 heteroatoms. The molecule has 0 aliphatic carbocycles. The molecule has 0 rings (SSSR count). The van der Waals surface area contributed by atoms with Gasteiger partial charge in [-0.1, -0.05) is 84.5 Å². The largest absolute Gasteiger partial charge is 0.436 e. The summed E-state index contributed by atoms with van der Waals surface area (Å²) in [5.41, 5.74) is 0. The average molecular weight is 300 g/mol. The first kappa shape index (κ1) is 20.4. The summed E-state index contributed by atoms with van der Waals surface area (Å²) in [5.74, 6) is -0.258. The molecule has 0 aromatic heterocycles. The molecule has 0 amide bonds. The Balaban J connectivity index is 3.19. The van der Waals surface area contributed by atoms with Crippen molar-refractivity contribution < 1.29 is 14.6 Å². The fraction of sp³-hybridized carbons (Fsp3) is 0.944. The molecule has 0 fully saturated rings. The lowest BCUT2D eigenvalue weighted by molar-refractivity contribution is -0.168. The molecule has 0 aromatic carbocycles. The first-order chi connectivity index (χ1) is 10.2. The molecule has 21 heavy (non-hydrogen) atoms. The van der Waals surface area contributed by atoms with Crippen LogP contribution in [0.15, 0.2) is 0 Å².